The molecule has 96 valence electrons. The van der Waals surface area contributed by atoms with Crippen molar-refractivity contribution in [1.29, 1.82) is 0 Å². The van der Waals surface area contributed by atoms with E-state index in [9.17, 15) is 4.79 Å². The van der Waals surface area contributed by atoms with Gasteiger partial charge in [-0.1, -0.05) is 6.92 Å². The van der Waals surface area contributed by atoms with E-state index in [1.54, 1.807) is 6.07 Å². The topological polar surface area (TPSA) is 60.1 Å². The van der Waals surface area contributed by atoms with Gasteiger partial charge in [0.05, 0.1) is 5.69 Å². The first-order chi connectivity index (χ1) is 8.65. The number of rotatable bonds is 5. The van der Waals surface area contributed by atoms with Crippen LogP contribution in [-0.2, 0) is 0 Å². The summed E-state index contributed by atoms with van der Waals surface area (Å²) in [4.78, 5) is 12.2. The molecule has 1 atom stereocenters. The number of nitrogens with one attached hydrogen (secondary N) is 1. The first-order valence-corrected chi connectivity index (χ1v) is 6.37. The summed E-state index contributed by atoms with van der Waals surface area (Å²) in [6, 6.07) is 2.21. The van der Waals surface area contributed by atoms with Crippen molar-refractivity contribution in [3.8, 4) is 12.3 Å². The van der Waals surface area contributed by atoms with Gasteiger partial charge in [-0.15, -0.1) is 12.3 Å². The molecule has 1 aliphatic carbocycles. The number of carbonyl (C=O) groups excluding carboxylic acids is 1. The lowest BCUT2D eigenvalue weighted by Gasteiger charge is -2.15. The minimum absolute atomic E-state index is 0.0336. The van der Waals surface area contributed by atoms with Crippen LogP contribution in [0.15, 0.2) is 12.3 Å². The Kier molecular flexibility index (Phi) is 3.61. The van der Waals surface area contributed by atoms with E-state index in [-0.39, 0.29) is 11.9 Å². The molecule has 0 aliphatic heterocycles. The standard InChI is InChI=1S/C14H19N3O/c1-3-5-11(4-2)16-14(18)13-8-10(15)9-17(13)12-6-7-12/h1,8-9,11-12H,4-7,15H2,2H3,(H,16,18). The molecule has 0 aromatic carbocycles. The lowest BCUT2D eigenvalue weighted by atomic mass is 10.1. The van der Waals surface area contributed by atoms with Crippen molar-refractivity contribution >= 4 is 11.6 Å². The Balaban J connectivity index is 2.10. The van der Waals surface area contributed by atoms with Crippen molar-refractivity contribution in [3.05, 3.63) is 18.0 Å². The average Bonchev–Trinajstić information content (AvgIpc) is 3.11. The van der Waals surface area contributed by atoms with Gasteiger partial charge in [-0.25, -0.2) is 0 Å². The van der Waals surface area contributed by atoms with E-state index in [4.69, 9.17) is 12.2 Å². The number of aromatic nitrogens is 1. The third kappa shape index (κ3) is 2.67. The highest BCUT2D eigenvalue weighted by molar-refractivity contribution is 5.94. The molecule has 0 radical (unpaired) electrons. The molecule has 18 heavy (non-hydrogen) atoms. The zero-order valence-electron chi connectivity index (χ0n) is 10.6. The maximum Gasteiger partial charge on any atom is 0.268 e. The summed E-state index contributed by atoms with van der Waals surface area (Å²) >= 11 is 0. The molecule has 1 aromatic rings. The fourth-order valence-electron chi connectivity index (χ4n) is 2.04. The Morgan fingerprint density at radius 2 is 2.44 bits per heavy atom. The molecule has 0 spiro atoms. The number of terminal acetylenes is 1. The third-order valence-electron chi connectivity index (χ3n) is 3.23. The SMILES string of the molecule is C#CCC(CC)NC(=O)c1cc(N)cn1C1CC1. The Labute approximate surface area is 108 Å². The Hall–Kier alpha value is -1.89. The van der Waals surface area contributed by atoms with Crippen molar-refractivity contribution in [1.82, 2.24) is 9.88 Å². The molecule has 1 fully saturated rings. The molecule has 4 heteroatoms. The summed E-state index contributed by atoms with van der Waals surface area (Å²) in [6.45, 7) is 2.01. The van der Waals surface area contributed by atoms with Crippen molar-refractivity contribution in [2.24, 2.45) is 0 Å². The summed E-state index contributed by atoms with van der Waals surface area (Å²) < 4.78 is 1.98. The van der Waals surface area contributed by atoms with E-state index >= 15 is 0 Å². The van der Waals surface area contributed by atoms with Crippen LogP contribution in [0.1, 0.15) is 49.1 Å². The van der Waals surface area contributed by atoms with Crippen molar-refractivity contribution in [2.45, 2.75) is 44.7 Å². The largest absolute Gasteiger partial charge is 0.397 e. The number of hydrogen-bond acceptors (Lipinski definition) is 2. The molecule has 1 amide bonds. The van der Waals surface area contributed by atoms with Crippen LogP contribution < -0.4 is 11.1 Å². The molecule has 4 nitrogen and oxygen atoms in total. The molecule has 1 saturated carbocycles. The lowest BCUT2D eigenvalue weighted by molar-refractivity contribution is 0.0927. The summed E-state index contributed by atoms with van der Waals surface area (Å²) in [7, 11) is 0. The zero-order valence-corrected chi connectivity index (χ0v) is 10.6. The minimum atomic E-state index is -0.0827. The number of amides is 1. The van der Waals surface area contributed by atoms with Crippen molar-refractivity contribution in [2.75, 3.05) is 5.73 Å². The normalized spacial score (nSPS) is 16.0. The highest BCUT2D eigenvalue weighted by atomic mass is 16.2. The molecular weight excluding hydrogens is 226 g/mol. The van der Waals surface area contributed by atoms with E-state index in [2.05, 4.69) is 11.2 Å². The predicted octanol–water partition coefficient (Wildman–Crippen LogP) is 1.94. The molecule has 0 bridgehead atoms. The summed E-state index contributed by atoms with van der Waals surface area (Å²) in [5.41, 5.74) is 7.05. The fourth-order valence-corrected chi connectivity index (χ4v) is 2.04. The second kappa shape index (κ2) is 5.18. The second-order valence-corrected chi connectivity index (χ2v) is 4.78. The van der Waals surface area contributed by atoms with Crippen LogP contribution in [0.5, 0.6) is 0 Å². The van der Waals surface area contributed by atoms with E-state index in [1.165, 1.54) is 0 Å². The molecule has 1 heterocycles. The molecule has 2 rings (SSSR count). The van der Waals surface area contributed by atoms with Crippen molar-refractivity contribution in [3.63, 3.8) is 0 Å². The number of nitrogens with zero attached hydrogens (tertiary/aromatic N) is 1. The van der Waals surface area contributed by atoms with Crippen LogP contribution >= 0.6 is 0 Å². The molecular formula is C14H19N3O. The third-order valence-corrected chi connectivity index (χ3v) is 3.23. The number of hydrogen-bond donors (Lipinski definition) is 2. The highest BCUT2D eigenvalue weighted by Crippen LogP contribution is 2.37. The van der Waals surface area contributed by atoms with Crippen LogP contribution in [0.25, 0.3) is 0 Å². The quantitative estimate of drug-likeness (QED) is 0.779. The predicted molar refractivity (Wildman–Crippen MR) is 72.1 cm³/mol. The summed E-state index contributed by atoms with van der Waals surface area (Å²) in [6.07, 6.45) is 10.8. The van der Waals surface area contributed by atoms with Gasteiger partial charge < -0.3 is 15.6 Å². The molecule has 1 unspecified atom stereocenters. The molecule has 1 aromatic heterocycles. The molecule has 3 N–H and O–H groups in total. The van der Waals surface area contributed by atoms with E-state index in [0.29, 0.717) is 23.8 Å². The van der Waals surface area contributed by atoms with E-state index < -0.39 is 0 Å². The van der Waals surface area contributed by atoms with Gasteiger partial charge in [0, 0.05) is 24.7 Å². The second-order valence-electron chi connectivity index (χ2n) is 4.78. The van der Waals surface area contributed by atoms with Crippen molar-refractivity contribution < 1.29 is 4.79 Å². The van der Waals surface area contributed by atoms with Crippen LogP contribution in [0, 0.1) is 12.3 Å². The van der Waals surface area contributed by atoms with Gasteiger partial charge in [0.2, 0.25) is 0 Å². The summed E-state index contributed by atoms with van der Waals surface area (Å²) in [5, 5.41) is 2.96. The molecule has 1 aliphatic rings. The lowest BCUT2D eigenvalue weighted by Crippen LogP contribution is -2.35. The van der Waals surface area contributed by atoms with Crippen LogP contribution in [0.4, 0.5) is 5.69 Å². The van der Waals surface area contributed by atoms with Gasteiger partial charge >= 0.3 is 0 Å². The highest BCUT2D eigenvalue weighted by Gasteiger charge is 2.28. The summed E-state index contributed by atoms with van der Waals surface area (Å²) in [5.74, 6) is 2.50. The van der Waals surface area contributed by atoms with Gasteiger partial charge in [0.25, 0.3) is 5.91 Å². The monoisotopic (exact) mass is 245 g/mol. The van der Waals surface area contributed by atoms with E-state index in [0.717, 1.165) is 19.3 Å². The van der Waals surface area contributed by atoms with Crippen LogP contribution in [0.3, 0.4) is 0 Å². The minimum Gasteiger partial charge on any atom is -0.397 e. The first kappa shape index (κ1) is 12.6. The van der Waals surface area contributed by atoms with Gasteiger partial charge in [-0.2, -0.15) is 0 Å². The first-order valence-electron chi connectivity index (χ1n) is 6.37. The number of carbonyl (C=O) groups is 1. The van der Waals surface area contributed by atoms with E-state index in [1.807, 2.05) is 17.7 Å². The fraction of sp³-hybridized carbons (Fsp3) is 0.500. The van der Waals surface area contributed by atoms with Gasteiger partial charge in [-0.05, 0) is 25.3 Å². The molecule has 0 saturated heterocycles. The number of nitrogens with two attached hydrogens (primary N) is 1. The van der Waals surface area contributed by atoms with Gasteiger partial charge in [0.15, 0.2) is 0 Å². The number of anilines is 1. The Morgan fingerprint density at radius 1 is 1.72 bits per heavy atom. The smallest absolute Gasteiger partial charge is 0.268 e. The maximum atomic E-state index is 12.2. The Bertz CT molecular complexity index is 480. The van der Waals surface area contributed by atoms with Gasteiger partial charge in [-0.3, -0.25) is 4.79 Å². The Morgan fingerprint density at radius 3 is 3.00 bits per heavy atom. The van der Waals surface area contributed by atoms with Crippen LogP contribution in [-0.4, -0.2) is 16.5 Å². The number of nitrogen functional groups attached to an aromatic ring is 1. The van der Waals surface area contributed by atoms with Gasteiger partial charge in [0.1, 0.15) is 5.69 Å². The van der Waals surface area contributed by atoms with Crippen LogP contribution in [0.2, 0.25) is 0 Å². The maximum absolute atomic E-state index is 12.2. The average molecular weight is 245 g/mol. The zero-order chi connectivity index (χ0) is 13.1.